The van der Waals surface area contributed by atoms with Gasteiger partial charge in [0.15, 0.2) is 0 Å². The van der Waals surface area contributed by atoms with Crippen molar-refractivity contribution < 1.29 is 14.7 Å². The molecule has 0 aliphatic carbocycles. The molecule has 1 aromatic rings. The van der Waals surface area contributed by atoms with Crippen molar-refractivity contribution in [3.63, 3.8) is 0 Å². The molecule has 1 atom stereocenters. The summed E-state index contributed by atoms with van der Waals surface area (Å²) in [5.74, 6) is -0.709. The van der Waals surface area contributed by atoms with Gasteiger partial charge < -0.3 is 10.0 Å². The summed E-state index contributed by atoms with van der Waals surface area (Å²) in [6.07, 6.45) is 1.67. The van der Waals surface area contributed by atoms with Crippen LogP contribution in [0.4, 0.5) is 0 Å². The number of carboxylic acids is 1. The van der Waals surface area contributed by atoms with Crippen LogP contribution in [0.5, 0.6) is 0 Å². The Balaban J connectivity index is 2.44. The quantitative estimate of drug-likeness (QED) is 0.897. The first-order chi connectivity index (χ1) is 9.09. The smallest absolute Gasteiger partial charge is 0.311 e. The zero-order chi connectivity index (χ0) is 13.8. The molecule has 1 heterocycles. The van der Waals surface area contributed by atoms with Gasteiger partial charge in [0.2, 0.25) is 5.91 Å². The van der Waals surface area contributed by atoms with Crippen molar-refractivity contribution in [3.05, 3.63) is 42.0 Å². The van der Waals surface area contributed by atoms with E-state index >= 15 is 0 Å². The third-order valence-corrected chi connectivity index (χ3v) is 4.05. The lowest BCUT2D eigenvalue weighted by Crippen LogP contribution is -2.30. The second-order valence-corrected chi connectivity index (χ2v) is 5.36. The van der Waals surface area contributed by atoms with Gasteiger partial charge in [-0.25, -0.2) is 0 Å². The van der Waals surface area contributed by atoms with E-state index in [4.69, 9.17) is 0 Å². The second-order valence-electron chi connectivity index (χ2n) is 4.33. The first-order valence-corrected chi connectivity index (χ1v) is 7.09. The SMILES string of the molecule is CN1C(=O)CSCC(C(=O)O)/C=C\1c1ccccc1. The molecule has 1 aliphatic rings. The van der Waals surface area contributed by atoms with Gasteiger partial charge in [-0.1, -0.05) is 30.3 Å². The maximum Gasteiger partial charge on any atom is 0.311 e. The van der Waals surface area contributed by atoms with Crippen LogP contribution in [0, 0.1) is 5.92 Å². The lowest BCUT2D eigenvalue weighted by atomic mass is 10.0. The maximum absolute atomic E-state index is 11.9. The van der Waals surface area contributed by atoms with Crippen molar-refractivity contribution in [2.75, 3.05) is 18.6 Å². The van der Waals surface area contributed by atoms with Gasteiger partial charge in [-0.15, -0.1) is 0 Å². The molecule has 0 aromatic heterocycles. The van der Waals surface area contributed by atoms with Crippen molar-refractivity contribution in [1.82, 2.24) is 4.90 Å². The lowest BCUT2D eigenvalue weighted by Gasteiger charge is -2.25. The number of amides is 1. The van der Waals surface area contributed by atoms with Gasteiger partial charge in [-0.2, -0.15) is 11.8 Å². The maximum atomic E-state index is 11.9. The molecule has 0 saturated carbocycles. The van der Waals surface area contributed by atoms with Crippen LogP contribution in [0.15, 0.2) is 36.4 Å². The Morgan fingerprint density at radius 3 is 2.68 bits per heavy atom. The molecule has 5 heteroatoms. The Kier molecular flexibility index (Phi) is 4.27. The van der Waals surface area contributed by atoms with E-state index in [0.717, 1.165) is 5.56 Å². The van der Waals surface area contributed by atoms with Crippen molar-refractivity contribution in [2.24, 2.45) is 5.92 Å². The molecule has 2 rings (SSSR count). The molecule has 100 valence electrons. The molecule has 1 aromatic carbocycles. The summed E-state index contributed by atoms with van der Waals surface area (Å²) < 4.78 is 0. The fourth-order valence-electron chi connectivity index (χ4n) is 1.90. The number of carbonyl (C=O) groups is 2. The molecular weight excluding hydrogens is 262 g/mol. The van der Waals surface area contributed by atoms with Gasteiger partial charge in [-0.3, -0.25) is 9.59 Å². The third-order valence-electron chi connectivity index (χ3n) is 3.00. The Morgan fingerprint density at radius 1 is 1.37 bits per heavy atom. The number of thioether (sulfide) groups is 1. The number of aliphatic carboxylic acids is 1. The van der Waals surface area contributed by atoms with Crippen LogP contribution in [0.1, 0.15) is 5.56 Å². The molecule has 19 heavy (non-hydrogen) atoms. The first kappa shape index (κ1) is 13.7. The molecular formula is C14H15NO3S. The molecule has 4 nitrogen and oxygen atoms in total. The summed E-state index contributed by atoms with van der Waals surface area (Å²) in [5, 5.41) is 9.21. The minimum Gasteiger partial charge on any atom is -0.481 e. The van der Waals surface area contributed by atoms with E-state index in [-0.39, 0.29) is 5.91 Å². The standard InChI is InChI=1S/C14H15NO3S/c1-15-12(10-5-3-2-4-6-10)7-11(14(17)18)8-19-9-13(15)16/h2-7,11H,8-9H2,1H3,(H,17,18)/b12-7-. The Labute approximate surface area is 116 Å². The number of benzene rings is 1. The van der Waals surface area contributed by atoms with Crippen molar-refractivity contribution in [2.45, 2.75) is 0 Å². The normalized spacial score (nSPS) is 23.2. The van der Waals surface area contributed by atoms with E-state index in [1.165, 1.54) is 16.7 Å². The van der Waals surface area contributed by atoms with Crippen molar-refractivity contribution >= 4 is 29.3 Å². The van der Waals surface area contributed by atoms with Gasteiger partial charge in [0.05, 0.1) is 11.7 Å². The summed E-state index contributed by atoms with van der Waals surface area (Å²) in [4.78, 5) is 24.7. The fraction of sp³-hybridized carbons (Fsp3) is 0.286. The molecule has 0 bridgehead atoms. The predicted octanol–water partition coefficient (Wildman–Crippen LogP) is 1.93. The Bertz CT molecular complexity index is 513. The molecule has 1 N–H and O–H groups in total. The van der Waals surface area contributed by atoms with E-state index in [2.05, 4.69) is 0 Å². The average molecular weight is 277 g/mol. The van der Waals surface area contributed by atoms with Gasteiger partial charge >= 0.3 is 5.97 Å². The highest BCUT2D eigenvalue weighted by molar-refractivity contribution is 7.99. The van der Waals surface area contributed by atoms with E-state index in [1.54, 1.807) is 13.1 Å². The van der Waals surface area contributed by atoms with Crippen molar-refractivity contribution in [1.29, 1.82) is 0 Å². The predicted molar refractivity (Wildman–Crippen MR) is 75.6 cm³/mol. The van der Waals surface area contributed by atoms with Gasteiger partial charge in [0.1, 0.15) is 0 Å². The first-order valence-electron chi connectivity index (χ1n) is 5.94. The Morgan fingerprint density at radius 2 is 2.05 bits per heavy atom. The number of carbonyl (C=O) groups excluding carboxylic acids is 1. The number of rotatable bonds is 2. The van der Waals surface area contributed by atoms with Crippen LogP contribution in [0.3, 0.4) is 0 Å². The topological polar surface area (TPSA) is 57.6 Å². The highest BCUT2D eigenvalue weighted by atomic mass is 32.2. The molecule has 1 aliphatic heterocycles. The van der Waals surface area contributed by atoms with E-state index in [0.29, 0.717) is 17.2 Å². The summed E-state index contributed by atoms with van der Waals surface area (Å²) in [6, 6.07) is 9.39. The zero-order valence-electron chi connectivity index (χ0n) is 10.6. The van der Waals surface area contributed by atoms with Crippen LogP contribution in [0.2, 0.25) is 0 Å². The largest absolute Gasteiger partial charge is 0.481 e. The summed E-state index contributed by atoms with van der Waals surface area (Å²) in [7, 11) is 1.69. The van der Waals surface area contributed by atoms with Gasteiger partial charge in [0, 0.05) is 18.5 Å². The molecule has 1 amide bonds. The second kappa shape index (κ2) is 5.93. The number of carboxylic acid groups (broad SMARTS) is 1. The summed E-state index contributed by atoms with van der Waals surface area (Å²) >= 11 is 1.36. The monoisotopic (exact) mass is 277 g/mol. The van der Waals surface area contributed by atoms with E-state index in [1.807, 2.05) is 30.3 Å². The third kappa shape index (κ3) is 3.17. The summed E-state index contributed by atoms with van der Waals surface area (Å²) in [6.45, 7) is 0. The van der Waals surface area contributed by atoms with Crippen LogP contribution in [0.25, 0.3) is 5.70 Å². The Hall–Kier alpha value is -1.75. The highest BCUT2D eigenvalue weighted by Crippen LogP contribution is 2.25. The number of hydrogen-bond donors (Lipinski definition) is 1. The minimum absolute atomic E-state index is 0.0102. The number of hydrogen-bond acceptors (Lipinski definition) is 3. The van der Waals surface area contributed by atoms with Crippen LogP contribution in [-0.2, 0) is 9.59 Å². The average Bonchev–Trinajstić information content (AvgIpc) is 2.40. The van der Waals surface area contributed by atoms with Gasteiger partial charge in [-0.05, 0) is 11.6 Å². The molecule has 0 saturated heterocycles. The number of nitrogens with zero attached hydrogens (tertiary/aromatic N) is 1. The lowest BCUT2D eigenvalue weighted by molar-refractivity contribution is -0.139. The highest BCUT2D eigenvalue weighted by Gasteiger charge is 2.24. The molecule has 1 unspecified atom stereocenters. The van der Waals surface area contributed by atoms with E-state index in [9.17, 15) is 14.7 Å². The van der Waals surface area contributed by atoms with E-state index < -0.39 is 11.9 Å². The van der Waals surface area contributed by atoms with Crippen molar-refractivity contribution in [3.8, 4) is 0 Å². The fourth-order valence-corrected chi connectivity index (χ4v) is 2.88. The van der Waals surface area contributed by atoms with Crippen LogP contribution >= 0.6 is 11.8 Å². The molecule has 0 spiro atoms. The van der Waals surface area contributed by atoms with Crippen LogP contribution in [-0.4, -0.2) is 40.4 Å². The zero-order valence-corrected chi connectivity index (χ0v) is 11.4. The molecule has 0 fully saturated rings. The van der Waals surface area contributed by atoms with Gasteiger partial charge in [0.25, 0.3) is 0 Å². The van der Waals surface area contributed by atoms with Crippen LogP contribution < -0.4 is 0 Å². The molecule has 0 radical (unpaired) electrons. The summed E-state index contributed by atoms with van der Waals surface area (Å²) in [5.41, 5.74) is 1.52. The minimum atomic E-state index is -0.858.